The Morgan fingerprint density at radius 1 is 1.04 bits per heavy atom. The molecule has 4 rings (SSSR count). The lowest BCUT2D eigenvalue weighted by atomic mass is 10.1. The SMILES string of the molecule is Cc1c(C(=O)COC(=O)CCc2c[nH]c3ccccc23)oc2ccccc12. The zero-order valence-corrected chi connectivity index (χ0v) is 15.0. The van der Waals surface area contributed by atoms with Gasteiger partial charge in [0, 0.05) is 34.5 Å². The van der Waals surface area contributed by atoms with Gasteiger partial charge in [0.15, 0.2) is 12.4 Å². The smallest absolute Gasteiger partial charge is 0.306 e. The third-order valence-electron chi connectivity index (χ3n) is 4.73. The summed E-state index contributed by atoms with van der Waals surface area (Å²) in [6.07, 6.45) is 2.68. The fourth-order valence-electron chi connectivity index (χ4n) is 3.30. The zero-order chi connectivity index (χ0) is 18.8. The third kappa shape index (κ3) is 3.36. The van der Waals surface area contributed by atoms with Crippen molar-refractivity contribution < 1.29 is 18.7 Å². The normalized spacial score (nSPS) is 11.1. The number of nitrogens with one attached hydrogen (secondary N) is 1. The number of ketones is 1. The summed E-state index contributed by atoms with van der Waals surface area (Å²) < 4.78 is 10.8. The Labute approximate surface area is 155 Å². The molecule has 0 aliphatic carbocycles. The van der Waals surface area contributed by atoms with Crippen molar-refractivity contribution in [2.45, 2.75) is 19.8 Å². The highest BCUT2D eigenvalue weighted by Gasteiger charge is 2.19. The van der Waals surface area contributed by atoms with E-state index in [1.165, 1.54) is 0 Å². The van der Waals surface area contributed by atoms with Crippen LogP contribution in [0.5, 0.6) is 0 Å². The fraction of sp³-hybridized carbons (Fsp3) is 0.182. The van der Waals surface area contributed by atoms with Crippen molar-refractivity contribution in [1.82, 2.24) is 4.98 Å². The van der Waals surface area contributed by atoms with Crippen LogP contribution in [0.3, 0.4) is 0 Å². The second-order valence-corrected chi connectivity index (χ2v) is 6.50. The van der Waals surface area contributed by atoms with Crippen LogP contribution in [0.2, 0.25) is 0 Å². The van der Waals surface area contributed by atoms with Gasteiger partial charge in [-0.3, -0.25) is 9.59 Å². The predicted molar refractivity (Wildman–Crippen MR) is 103 cm³/mol. The average molecular weight is 361 g/mol. The Hall–Kier alpha value is -3.34. The number of hydrogen-bond donors (Lipinski definition) is 1. The summed E-state index contributed by atoms with van der Waals surface area (Å²) >= 11 is 0. The van der Waals surface area contributed by atoms with Crippen molar-refractivity contribution in [2.24, 2.45) is 0 Å². The number of aromatic amines is 1. The van der Waals surface area contributed by atoms with Crippen LogP contribution in [0.4, 0.5) is 0 Å². The molecule has 0 unspecified atom stereocenters. The van der Waals surface area contributed by atoms with Crippen LogP contribution in [0.1, 0.15) is 28.1 Å². The van der Waals surface area contributed by atoms with Gasteiger partial charge in [-0.2, -0.15) is 0 Å². The van der Waals surface area contributed by atoms with Gasteiger partial charge in [0.2, 0.25) is 5.78 Å². The molecular weight excluding hydrogens is 342 g/mol. The second-order valence-electron chi connectivity index (χ2n) is 6.50. The van der Waals surface area contributed by atoms with Crippen LogP contribution in [0.25, 0.3) is 21.9 Å². The lowest BCUT2D eigenvalue weighted by Gasteiger charge is -2.03. The van der Waals surface area contributed by atoms with Crippen molar-refractivity contribution >= 4 is 33.6 Å². The maximum atomic E-state index is 12.4. The number of H-pyrrole nitrogens is 1. The first kappa shape index (κ1) is 17.1. The summed E-state index contributed by atoms with van der Waals surface area (Å²) in [5.74, 6) is -0.479. The van der Waals surface area contributed by atoms with Gasteiger partial charge in [-0.15, -0.1) is 0 Å². The summed E-state index contributed by atoms with van der Waals surface area (Å²) in [7, 11) is 0. The summed E-state index contributed by atoms with van der Waals surface area (Å²) in [4.78, 5) is 27.6. The van der Waals surface area contributed by atoms with Crippen LogP contribution < -0.4 is 0 Å². The van der Waals surface area contributed by atoms with Gasteiger partial charge in [0.05, 0.1) is 0 Å². The number of esters is 1. The first-order chi connectivity index (χ1) is 13.1. The first-order valence-electron chi connectivity index (χ1n) is 8.85. The molecule has 0 saturated carbocycles. The van der Waals surface area contributed by atoms with Crippen LogP contribution in [-0.2, 0) is 16.0 Å². The minimum atomic E-state index is -0.401. The largest absolute Gasteiger partial charge is 0.457 e. The molecule has 2 aromatic carbocycles. The Bertz CT molecular complexity index is 1140. The van der Waals surface area contributed by atoms with Gasteiger partial charge in [-0.05, 0) is 31.0 Å². The molecule has 0 aliphatic rings. The summed E-state index contributed by atoms with van der Waals surface area (Å²) in [5.41, 5.74) is 3.52. The van der Waals surface area contributed by atoms with E-state index in [0.717, 1.165) is 27.4 Å². The van der Waals surface area contributed by atoms with E-state index in [0.29, 0.717) is 12.0 Å². The minimum absolute atomic E-state index is 0.217. The lowest BCUT2D eigenvalue weighted by Crippen LogP contribution is -2.14. The number of carbonyl (C=O) groups excluding carboxylic acids is 2. The zero-order valence-electron chi connectivity index (χ0n) is 15.0. The molecule has 0 fully saturated rings. The van der Waals surface area contributed by atoms with Crippen molar-refractivity contribution in [3.63, 3.8) is 0 Å². The number of aromatic nitrogens is 1. The van der Waals surface area contributed by atoms with Crippen LogP contribution in [-0.4, -0.2) is 23.3 Å². The molecule has 0 amide bonds. The van der Waals surface area contributed by atoms with E-state index >= 15 is 0 Å². The molecule has 0 spiro atoms. The highest BCUT2D eigenvalue weighted by molar-refractivity contribution is 6.01. The average Bonchev–Trinajstić information content (AvgIpc) is 3.26. The summed E-state index contributed by atoms with van der Waals surface area (Å²) in [6.45, 7) is 1.52. The van der Waals surface area contributed by atoms with Gasteiger partial charge in [-0.1, -0.05) is 36.4 Å². The number of hydrogen-bond acceptors (Lipinski definition) is 4. The number of aryl methyl sites for hydroxylation is 2. The third-order valence-corrected chi connectivity index (χ3v) is 4.73. The molecule has 2 aromatic heterocycles. The standard InChI is InChI=1S/C22H19NO4/c1-14-16-6-3-5-9-20(16)27-22(14)19(24)13-26-21(25)11-10-15-12-23-18-8-4-2-7-17(15)18/h2-9,12,23H,10-11,13H2,1H3. The maximum Gasteiger partial charge on any atom is 0.306 e. The number of para-hydroxylation sites is 2. The topological polar surface area (TPSA) is 72.3 Å². The number of rotatable bonds is 6. The van der Waals surface area contributed by atoms with E-state index in [4.69, 9.17) is 9.15 Å². The van der Waals surface area contributed by atoms with Gasteiger partial charge < -0.3 is 14.1 Å². The first-order valence-corrected chi connectivity index (χ1v) is 8.85. The van der Waals surface area contributed by atoms with Crippen molar-refractivity contribution in [3.8, 4) is 0 Å². The number of fused-ring (bicyclic) bond motifs is 2. The number of ether oxygens (including phenoxy) is 1. The van der Waals surface area contributed by atoms with E-state index in [2.05, 4.69) is 4.98 Å². The quantitative estimate of drug-likeness (QED) is 0.403. The molecule has 27 heavy (non-hydrogen) atoms. The molecule has 2 heterocycles. The summed E-state index contributed by atoms with van der Waals surface area (Å²) in [5, 5.41) is 1.99. The highest BCUT2D eigenvalue weighted by Crippen LogP contribution is 2.25. The fourth-order valence-corrected chi connectivity index (χ4v) is 3.30. The molecule has 5 nitrogen and oxygen atoms in total. The maximum absolute atomic E-state index is 12.4. The molecule has 0 aliphatic heterocycles. The Balaban J connectivity index is 1.36. The van der Waals surface area contributed by atoms with Gasteiger partial charge in [0.1, 0.15) is 5.58 Å². The van der Waals surface area contributed by atoms with E-state index < -0.39 is 5.97 Å². The van der Waals surface area contributed by atoms with Crippen LogP contribution in [0, 0.1) is 6.92 Å². The number of furan rings is 1. The minimum Gasteiger partial charge on any atom is -0.457 e. The van der Waals surface area contributed by atoms with E-state index in [9.17, 15) is 9.59 Å². The molecule has 5 heteroatoms. The summed E-state index contributed by atoms with van der Waals surface area (Å²) in [6, 6.07) is 15.4. The monoisotopic (exact) mass is 361 g/mol. The Morgan fingerprint density at radius 2 is 1.78 bits per heavy atom. The van der Waals surface area contributed by atoms with Crippen LogP contribution >= 0.6 is 0 Å². The van der Waals surface area contributed by atoms with E-state index in [1.54, 1.807) is 0 Å². The van der Waals surface area contributed by atoms with Crippen LogP contribution in [0.15, 0.2) is 59.1 Å². The molecule has 0 saturated heterocycles. The molecule has 136 valence electrons. The highest BCUT2D eigenvalue weighted by atomic mass is 16.5. The van der Waals surface area contributed by atoms with Crippen molar-refractivity contribution in [3.05, 3.63) is 71.6 Å². The molecular formula is C22H19NO4. The molecule has 0 radical (unpaired) electrons. The Morgan fingerprint density at radius 3 is 2.59 bits per heavy atom. The number of carbonyl (C=O) groups is 2. The molecule has 0 atom stereocenters. The molecule has 0 bridgehead atoms. The number of Topliss-reactive ketones (excluding diaryl/α,β-unsaturated/α-hetero) is 1. The van der Waals surface area contributed by atoms with E-state index in [1.807, 2.05) is 61.7 Å². The Kier molecular flexibility index (Phi) is 4.50. The van der Waals surface area contributed by atoms with Crippen molar-refractivity contribution in [1.29, 1.82) is 0 Å². The van der Waals surface area contributed by atoms with Gasteiger partial charge >= 0.3 is 5.97 Å². The van der Waals surface area contributed by atoms with Crippen molar-refractivity contribution in [2.75, 3.05) is 6.61 Å². The predicted octanol–water partition coefficient (Wildman–Crippen LogP) is 4.58. The van der Waals surface area contributed by atoms with Gasteiger partial charge in [-0.25, -0.2) is 0 Å². The van der Waals surface area contributed by atoms with Gasteiger partial charge in [0.25, 0.3) is 0 Å². The molecule has 1 N–H and O–H groups in total. The lowest BCUT2D eigenvalue weighted by molar-refractivity contribution is -0.142. The second kappa shape index (κ2) is 7.11. The van der Waals surface area contributed by atoms with E-state index in [-0.39, 0.29) is 24.6 Å². The molecule has 4 aromatic rings. The number of benzene rings is 2.